The minimum Gasteiger partial charge on any atom is -0.486 e. The lowest BCUT2D eigenvalue weighted by molar-refractivity contribution is -0.128. The maximum absolute atomic E-state index is 12.4. The molecule has 31 heavy (non-hydrogen) atoms. The zero-order valence-corrected chi connectivity index (χ0v) is 17.0. The van der Waals surface area contributed by atoms with Crippen LogP contribution in [0.5, 0.6) is 11.5 Å². The number of rotatable bonds is 6. The van der Waals surface area contributed by atoms with Crippen molar-refractivity contribution in [3.63, 3.8) is 0 Å². The van der Waals surface area contributed by atoms with E-state index in [1.807, 2.05) is 24.3 Å². The lowest BCUT2D eigenvalue weighted by atomic mass is 9.81. The van der Waals surface area contributed by atoms with Crippen LogP contribution in [0.4, 0.5) is 23.0 Å². The number of aromatic nitrogens is 3. The highest BCUT2D eigenvalue weighted by Crippen LogP contribution is 2.39. The first-order valence-electron chi connectivity index (χ1n) is 10.1. The van der Waals surface area contributed by atoms with Gasteiger partial charge in [-0.3, -0.25) is 9.59 Å². The van der Waals surface area contributed by atoms with Crippen LogP contribution >= 0.6 is 0 Å². The van der Waals surface area contributed by atoms with E-state index in [0.717, 1.165) is 5.69 Å². The molecular weight excluding hydrogens is 400 g/mol. The van der Waals surface area contributed by atoms with E-state index in [1.54, 1.807) is 17.8 Å². The zero-order chi connectivity index (χ0) is 21.4. The van der Waals surface area contributed by atoms with Crippen LogP contribution in [0.3, 0.4) is 0 Å². The number of Topliss-reactive ketones (excluding diaryl/α,β-unsaturated/α-hetero) is 1. The molecule has 10 heteroatoms. The van der Waals surface area contributed by atoms with Crippen molar-refractivity contribution in [3.8, 4) is 11.5 Å². The molecule has 1 aliphatic carbocycles. The molecule has 0 unspecified atom stereocenters. The first-order chi connectivity index (χ1) is 15.1. The number of carbonyl (C=O) groups is 2. The Bertz CT molecular complexity index is 1170. The van der Waals surface area contributed by atoms with Crippen LogP contribution in [0.2, 0.25) is 0 Å². The van der Waals surface area contributed by atoms with Gasteiger partial charge in [0.25, 0.3) is 0 Å². The summed E-state index contributed by atoms with van der Waals surface area (Å²) in [5.41, 5.74) is 1.73. The van der Waals surface area contributed by atoms with Crippen molar-refractivity contribution in [2.24, 2.45) is 5.92 Å². The molecule has 0 spiro atoms. The predicted molar refractivity (Wildman–Crippen MR) is 114 cm³/mol. The summed E-state index contributed by atoms with van der Waals surface area (Å²) in [6.07, 6.45) is 2.84. The zero-order valence-electron chi connectivity index (χ0n) is 17.0. The Labute approximate surface area is 177 Å². The molecule has 1 saturated carbocycles. The highest BCUT2D eigenvalue weighted by Gasteiger charge is 2.28. The van der Waals surface area contributed by atoms with Gasteiger partial charge in [0.2, 0.25) is 5.91 Å². The first-order valence-corrected chi connectivity index (χ1v) is 10.1. The van der Waals surface area contributed by atoms with E-state index in [-0.39, 0.29) is 17.6 Å². The van der Waals surface area contributed by atoms with Gasteiger partial charge in [0.15, 0.2) is 17.1 Å². The Morgan fingerprint density at radius 2 is 2.06 bits per heavy atom. The summed E-state index contributed by atoms with van der Waals surface area (Å²) >= 11 is 0. The lowest BCUT2D eigenvalue weighted by Crippen LogP contribution is -2.27. The van der Waals surface area contributed by atoms with Gasteiger partial charge in [0, 0.05) is 32.4 Å². The van der Waals surface area contributed by atoms with Gasteiger partial charge in [0.1, 0.15) is 36.3 Å². The van der Waals surface area contributed by atoms with Crippen LogP contribution < -0.4 is 25.4 Å². The number of hydrogen-bond acceptors (Lipinski definition) is 8. The Balaban J connectivity index is 1.42. The number of fused-ring (bicyclic) bond motifs is 2. The third-order valence-electron chi connectivity index (χ3n) is 5.34. The number of anilines is 4. The highest BCUT2D eigenvalue weighted by molar-refractivity contribution is 5.96. The number of amides is 1. The average Bonchev–Trinajstić information content (AvgIpc) is 3.15. The van der Waals surface area contributed by atoms with Crippen LogP contribution in [-0.2, 0) is 9.59 Å². The molecule has 0 radical (unpaired) electrons. The fraction of sp³-hybridized carbons (Fsp3) is 0.333. The normalized spacial score (nSPS) is 15.5. The van der Waals surface area contributed by atoms with E-state index in [0.29, 0.717) is 66.9 Å². The third kappa shape index (κ3) is 3.72. The van der Waals surface area contributed by atoms with Gasteiger partial charge < -0.3 is 25.4 Å². The van der Waals surface area contributed by atoms with Crippen LogP contribution in [0.15, 0.2) is 30.5 Å². The summed E-state index contributed by atoms with van der Waals surface area (Å²) in [4.78, 5) is 28.2. The second-order valence-corrected chi connectivity index (χ2v) is 7.59. The van der Waals surface area contributed by atoms with Gasteiger partial charge in [-0.05, 0) is 18.1 Å². The molecule has 1 amide bonds. The van der Waals surface area contributed by atoms with Gasteiger partial charge in [-0.2, -0.15) is 9.61 Å². The standard InChI is InChI=1S/C21H22N6O4/c1-22-18-10-17(24-14-3-2-4-16-20(14)31-6-5-30-16)26-21-15(11-23-27(18)21)25-19(29)9-12-7-13(28)8-12/h2-4,10-12,22H,5-9H2,1H3,(H,24,26)(H,25,29). The first kappa shape index (κ1) is 19.2. The van der Waals surface area contributed by atoms with Crippen molar-refractivity contribution in [2.45, 2.75) is 19.3 Å². The molecule has 3 heterocycles. The summed E-state index contributed by atoms with van der Waals surface area (Å²) in [6, 6.07) is 7.44. The summed E-state index contributed by atoms with van der Waals surface area (Å²) in [5, 5.41) is 13.6. The molecule has 5 rings (SSSR count). The van der Waals surface area contributed by atoms with E-state index >= 15 is 0 Å². The van der Waals surface area contributed by atoms with Gasteiger partial charge in [0.05, 0.1) is 11.9 Å². The number of benzene rings is 1. The van der Waals surface area contributed by atoms with E-state index in [2.05, 4.69) is 26.0 Å². The molecule has 3 aromatic rings. The Morgan fingerprint density at radius 3 is 2.87 bits per heavy atom. The largest absolute Gasteiger partial charge is 0.486 e. The van der Waals surface area contributed by atoms with Gasteiger partial charge in [-0.15, -0.1) is 0 Å². The maximum Gasteiger partial charge on any atom is 0.224 e. The predicted octanol–water partition coefficient (Wildman–Crippen LogP) is 2.59. The fourth-order valence-electron chi connectivity index (χ4n) is 3.80. The molecule has 0 bridgehead atoms. The smallest absolute Gasteiger partial charge is 0.224 e. The van der Waals surface area contributed by atoms with Crippen LogP contribution in [0, 0.1) is 5.92 Å². The van der Waals surface area contributed by atoms with Crippen molar-refractivity contribution in [1.29, 1.82) is 0 Å². The average molecular weight is 422 g/mol. The highest BCUT2D eigenvalue weighted by atomic mass is 16.6. The van der Waals surface area contributed by atoms with Gasteiger partial charge >= 0.3 is 0 Å². The molecular formula is C21H22N6O4. The van der Waals surface area contributed by atoms with Crippen LogP contribution in [0.25, 0.3) is 5.65 Å². The Morgan fingerprint density at radius 1 is 1.23 bits per heavy atom. The molecule has 1 aromatic carbocycles. The number of ether oxygens (including phenoxy) is 2. The van der Waals surface area contributed by atoms with Crippen molar-refractivity contribution < 1.29 is 19.1 Å². The summed E-state index contributed by atoms with van der Waals surface area (Å²) in [6.45, 7) is 0.990. The van der Waals surface area contributed by atoms with Crippen LogP contribution in [0.1, 0.15) is 19.3 Å². The molecule has 160 valence electrons. The number of nitrogens with zero attached hydrogens (tertiary/aromatic N) is 3. The molecule has 1 aliphatic heterocycles. The lowest BCUT2D eigenvalue weighted by Gasteiger charge is -2.23. The van der Waals surface area contributed by atoms with Crippen molar-refractivity contribution in [2.75, 3.05) is 36.2 Å². The summed E-state index contributed by atoms with van der Waals surface area (Å²) in [5.74, 6) is 2.75. The quantitative estimate of drug-likeness (QED) is 0.555. The molecule has 2 aromatic heterocycles. The van der Waals surface area contributed by atoms with E-state index < -0.39 is 0 Å². The number of carbonyl (C=O) groups excluding carboxylic acids is 2. The molecule has 3 N–H and O–H groups in total. The second kappa shape index (κ2) is 7.78. The molecule has 0 saturated heterocycles. The third-order valence-corrected chi connectivity index (χ3v) is 5.34. The van der Waals surface area contributed by atoms with Crippen molar-refractivity contribution in [3.05, 3.63) is 30.5 Å². The molecule has 0 atom stereocenters. The maximum atomic E-state index is 12.4. The molecule has 1 fully saturated rings. The van der Waals surface area contributed by atoms with E-state index in [1.165, 1.54) is 0 Å². The Kier molecular flexibility index (Phi) is 4.81. The molecule has 10 nitrogen and oxygen atoms in total. The van der Waals surface area contributed by atoms with E-state index in [9.17, 15) is 9.59 Å². The minimum atomic E-state index is -0.152. The number of hydrogen-bond donors (Lipinski definition) is 3. The topological polar surface area (TPSA) is 119 Å². The number of ketones is 1. The molecule has 2 aliphatic rings. The fourth-order valence-corrected chi connectivity index (χ4v) is 3.80. The minimum absolute atomic E-state index is 0.124. The summed E-state index contributed by atoms with van der Waals surface area (Å²) < 4.78 is 13.0. The monoisotopic (exact) mass is 422 g/mol. The number of nitrogens with one attached hydrogen (secondary N) is 3. The summed E-state index contributed by atoms with van der Waals surface area (Å²) in [7, 11) is 1.79. The Hall–Kier alpha value is -3.82. The SMILES string of the molecule is CNc1cc(Nc2cccc3c2OCCO3)nc2c(NC(=O)CC3CC(=O)C3)cnn12. The number of para-hydroxylation sites is 1. The van der Waals surface area contributed by atoms with Gasteiger partial charge in [-0.25, -0.2) is 4.98 Å². The van der Waals surface area contributed by atoms with Crippen molar-refractivity contribution >= 4 is 40.3 Å². The van der Waals surface area contributed by atoms with Gasteiger partial charge in [-0.1, -0.05) is 6.07 Å². The second-order valence-electron chi connectivity index (χ2n) is 7.59. The van der Waals surface area contributed by atoms with E-state index in [4.69, 9.17) is 9.47 Å². The van der Waals surface area contributed by atoms with Crippen molar-refractivity contribution in [1.82, 2.24) is 14.6 Å². The van der Waals surface area contributed by atoms with Crippen LogP contribution in [-0.4, -0.2) is 46.5 Å².